The van der Waals surface area contributed by atoms with Crippen molar-refractivity contribution in [3.05, 3.63) is 65.5 Å². The molecule has 31 heavy (non-hydrogen) atoms. The Kier molecular flexibility index (Phi) is 8.60. The van der Waals surface area contributed by atoms with Crippen molar-refractivity contribution in [2.45, 2.75) is 32.7 Å². The third-order valence-corrected chi connectivity index (χ3v) is 4.38. The maximum Gasteiger partial charge on any atom is 0.251 e. The maximum absolute atomic E-state index is 13.7. The topological polar surface area (TPSA) is 78.5 Å². The fourth-order valence-electron chi connectivity index (χ4n) is 2.89. The van der Waals surface area contributed by atoms with Crippen molar-refractivity contribution in [2.24, 2.45) is 0 Å². The molecule has 0 aliphatic rings. The number of hydrogen-bond donors (Lipinski definition) is 2. The minimum atomic E-state index is -1.69. The first kappa shape index (κ1) is 23.9. The predicted molar refractivity (Wildman–Crippen MR) is 110 cm³/mol. The third kappa shape index (κ3) is 6.84. The summed E-state index contributed by atoms with van der Waals surface area (Å²) in [5, 5.41) is 4.87. The van der Waals surface area contributed by atoms with Crippen LogP contribution in [-0.2, 0) is 9.59 Å². The molecule has 2 aromatic carbocycles. The van der Waals surface area contributed by atoms with Crippen LogP contribution in [0.4, 0.5) is 18.9 Å². The number of rotatable bonds is 9. The van der Waals surface area contributed by atoms with Crippen LogP contribution < -0.4 is 10.6 Å². The SMILES string of the molecule is CCCN(CC(=O)Nc1ccc(F)c(F)c1F)C(=O)CC(C)NC(=O)c1ccccc1. The van der Waals surface area contributed by atoms with Gasteiger partial charge in [0.1, 0.15) is 0 Å². The van der Waals surface area contributed by atoms with E-state index in [4.69, 9.17) is 0 Å². The largest absolute Gasteiger partial charge is 0.349 e. The van der Waals surface area contributed by atoms with Crippen LogP contribution in [0.2, 0.25) is 0 Å². The quantitative estimate of drug-likeness (QED) is 0.592. The fourth-order valence-corrected chi connectivity index (χ4v) is 2.89. The maximum atomic E-state index is 13.7. The lowest BCUT2D eigenvalue weighted by Crippen LogP contribution is -2.42. The van der Waals surface area contributed by atoms with E-state index in [0.29, 0.717) is 18.1 Å². The van der Waals surface area contributed by atoms with Crippen LogP contribution >= 0.6 is 0 Å². The second-order valence-corrected chi connectivity index (χ2v) is 7.03. The third-order valence-electron chi connectivity index (χ3n) is 4.38. The standard InChI is InChI=1S/C22H24F3N3O3/c1-3-11-28(13-18(29)27-17-10-9-16(23)20(24)21(17)25)19(30)12-14(2)26-22(31)15-7-5-4-6-8-15/h4-10,14H,3,11-13H2,1-2H3,(H,26,31)(H,27,29). The Balaban J connectivity index is 1.96. The highest BCUT2D eigenvalue weighted by Gasteiger charge is 2.21. The Bertz CT molecular complexity index is 938. The zero-order valence-electron chi connectivity index (χ0n) is 17.3. The van der Waals surface area contributed by atoms with Crippen LogP contribution in [0.25, 0.3) is 0 Å². The van der Waals surface area contributed by atoms with Crippen LogP contribution in [-0.4, -0.2) is 41.8 Å². The number of nitrogens with one attached hydrogen (secondary N) is 2. The smallest absolute Gasteiger partial charge is 0.251 e. The summed E-state index contributed by atoms with van der Waals surface area (Å²) >= 11 is 0. The first-order valence-electron chi connectivity index (χ1n) is 9.80. The van der Waals surface area contributed by atoms with Crippen LogP contribution in [0.5, 0.6) is 0 Å². The van der Waals surface area contributed by atoms with Crippen LogP contribution in [0.15, 0.2) is 42.5 Å². The van der Waals surface area contributed by atoms with E-state index < -0.39 is 41.6 Å². The Labute approximate surface area is 178 Å². The second-order valence-electron chi connectivity index (χ2n) is 7.03. The van der Waals surface area contributed by atoms with E-state index in [1.807, 2.05) is 6.92 Å². The molecule has 9 heteroatoms. The summed E-state index contributed by atoms with van der Waals surface area (Å²) in [6.07, 6.45) is 0.509. The van der Waals surface area contributed by atoms with Gasteiger partial charge in [-0.15, -0.1) is 0 Å². The number of carbonyl (C=O) groups is 3. The first-order valence-corrected chi connectivity index (χ1v) is 9.80. The van der Waals surface area contributed by atoms with Gasteiger partial charge >= 0.3 is 0 Å². The van der Waals surface area contributed by atoms with Crippen LogP contribution in [0, 0.1) is 17.5 Å². The molecule has 0 bridgehead atoms. The lowest BCUT2D eigenvalue weighted by atomic mass is 10.1. The average molecular weight is 435 g/mol. The van der Waals surface area contributed by atoms with Crippen LogP contribution in [0.1, 0.15) is 37.0 Å². The molecular formula is C22H24F3N3O3. The molecule has 2 aromatic rings. The van der Waals surface area contributed by atoms with Gasteiger partial charge in [-0.1, -0.05) is 25.1 Å². The molecule has 0 aromatic heterocycles. The highest BCUT2D eigenvalue weighted by Crippen LogP contribution is 2.19. The second kappa shape index (κ2) is 11.1. The van der Waals surface area contributed by atoms with Gasteiger partial charge in [-0.3, -0.25) is 14.4 Å². The number of benzene rings is 2. The lowest BCUT2D eigenvalue weighted by molar-refractivity contribution is -0.135. The van der Waals surface area contributed by atoms with Crippen molar-refractivity contribution >= 4 is 23.4 Å². The number of amides is 3. The highest BCUT2D eigenvalue weighted by atomic mass is 19.2. The summed E-state index contributed by atoms with van der Waals surface area (Å²) in [7, 11) is 0. The zero-order valence-corrected chi connectivity index (χ0v) is 17.3. The van der Waals surface area contributed by atoms with E-state index in [9.17, 15) is 27.6 Å². The van der Waals surface area contributed by atoms with Gasteiger partial charge in [-0.25, -0.2) is 13.2 Å². The van der Waals surface area contributed by atoms with Gasteiger partial charge in [0.15, 0.2) is 17.5 Å². The van der Waals surface area contributed by atoms with Crippen molar-refractivity contribution in [1.29, 1.82) is 0 Å². The molecule has 1 unspecified atom stereocenters. The van der Waals surface area contributed by atoms with Gasteiger partial charge in [-0.05, 0) is 37.6 Å². The fraction of sp³-hybridized carbons (Fsp3) is 0.318. The number of anilines is 1. The van der Waals surface area contributed by atoms with Crippen molar-refractivity contribution in [2.75, 3.05) is 18.4 Å². The number of carbonyl (C=O) groups excluding carboxylic acids is 3. The molecule has 3 amide bonds. The molecule has 2 rings (SSSR count). The zero-order chi connectivity index (χ0) is 23.0. The van der Waals surface area contributed by atoms with Gasteiger partial charge in [-0.2, -0.15) is 0 Å². The Morgan fingerprint density at radius 3 is 2.32 bits per heavy atom. The summed E-state index contributed by atoms with van der Waals surface area (Å²) in [6.45, 7) is 3.34. The Hall–Kier alpha value is -3.36. The molecule has 0 saturated carbocycles. The van der Waals surface area contributed by atoms with Crippen molar-refractivity contribution in [3.63, 3.8) is 0 Å². The summed E-state index contributed by atoms with van der Waals surface area (Å²) in [5.74, 6) is -6.04. The van der Waals surface area contributed by atoms with E-state index >= 15 is 0 Å². The van der Waals surface area contributed by atoms with Gasteiger partial charge < -0.3 is 15.5 Å². The van der Waals surface area contributed by atoms with E-state index in [2.05, 4.69) is 10.6 Å². The normalized spacial score (nSPS) is 11.5. The minimum absolute atomic E-state index is 0.0502. The molecule has 0 radical (unpaired) electrons. The van der Waals surface area contributed by atoms with Gasteiger partial charge in [0.25, 0.3) is 5.91 Å². The van der Waals surface area contributed by atoms with Crippen molar-refractivity contribution in [1.82, 2.24) is 10.2 Å². The molecule has 0 aliphatic heterocycles. The number of halogens is 3. The van der Waals surface area contributed by atoms with E-state index in [0.717, 1.165) is 6.07 Å². The van der Waals surface area contributed by atoms with Crippen LogP contribution in [0.3, 0.4) is 0 Å². The number of nitrogens with zero attached hydrogens (tertiary/aromatic N) is 1. The Morgan fingerprint density at radius 1 is 1.00 bits per heavy atom. The molecule has 0 aliphatic carbocycles. The Morgan fingerprint density at radius 2 is 1.68 bits per heavy atom. The molecule has 0 spiro atoms. The minimum Gasteiger partial charge on any atom is -0.349 e. The van der Waals surface area contributed by atoms with E-state index in [-0.39, 0.29) is 24.8 Å². The van der Waals surface area contributed by atoms with E-state index in [1.165, 1.54) is 4.90 Å². The molecular weight excluding hydrogens is 411 g/mol. The molecule has 0 fully saturated rings. The molecule has 6 nitrogen and oxygen atoms in total. The van der Waals surface area contributed by atoms with Gasteiger partial charge in [0.05, 0.1) is 12.2 Å². The molecule has 2 N–H and O–H groups in total. The first-order chi connectivity index (χ1) is 14.7. The monoisotopic (exact) mass is 435 g/mol. The molecule has 0 saturated heterocycles. The molecule has 0 heterocycles. The summed E-state index contributed by atoms with van der Waals surface area (Å²) in [6, 6.07) is 9.63. The molecule has 166 valence electrons. The average Bonchev–Trinajstić information content (AvgIpc) is 2.74. The summed E-state index contributed by atoms with van der Waals surface area (Å²) in [5.41, 5.74) is -0.0589. The highest BCUT2D eigenvalue weighted by molar-refractivity contribution is 5.96. The van der Waals surface area contributed by atoms with Crippen molar-refractivity contribution < 1.29 is 27.6 Å². The van der Waals surface area contributed by atoms with Gasteiger partial charge in [0.2, 0.25) is 11.8 Å². The lowest BCUT2D eigenvalue weighted by Gasteiger charge is -2.24. The van der Waals surface area contributed by atoms with E-state index in [1.54, 1.807) is 37.3 Å². The van der Waals surface area contributed by atoms with Crippen molar-refractivity contribution in [3.8, 4) is 0 Å². The predicted octanol–water partition coefficient (Wildman–Crippen LogP) is 3.49. The summed E-state index contributed by atoms with van der Waals surface area (Å²) < 4.78 is 40.1. The van der Waals surface area contributed by atoms with Gasteiger partial charge in [0, 0.05) is 24.6 Å². The molecule has 1 atom stereocenters. The number of hydrogen-bond acceptors (Lipinski definition) is 3. The summed E-state index contributed by atoms with van der Waals surface area (Å²) in [4.78, 5) is 38.3.